The molecule has 3 heteroatoms. The zero-order valence-electron chi connectivity index (χ0n) is 9.80. The van der Waals surface area contributed by atoms with Crippen LogP contribution in [0.2, 0.25) is 0 Å². The first-order valence-corrected chi connectivity index (χ1v) is 5.74. The molecule has 1 N–H and O–H groups in total. The summed E-state index contributed by atoms with van der Waals surface area (Å²) in [5, 5.41) is 10.1. The Morgan fingerprint density at radius 2 is 2.18 bits per heavy atom. The molecule has 0 aliphatic heterocycles. The van der Waals surface area contributed by atoms with E-state index in [0.717, 1.165) is 29.6 Å². The van der Waals surface area contributed by atoms with Crippen molar-refractivity contribution < 1.29 is 9.52 Å². The predicted molar refractivity (Wildman–Crippen MR) is 68.8 cm³/mol. The third-order valence-electron chi connectivity index (χ3n) is 2.76. The van der Waals surface area contributed by atoms with E-state index in [1.54, 1.807) is 6.26 Å². The number of furan rings is 1. The zero-order valence-corrected chi connectivity index (χ0v) is 9.80. The van der Waals surface area contributed by atoms with Crippen LogP contribution in [0.4, 0.5) is 0 Å². The van der Waals surface area contributed by atoms with Crippen molar-refractivity contribution in [2.24, 2.45) is 0 Å². The fraction of sp³-hybridized carbons (Fsp3) is 0.286. The van der Waals surface area contributed by atoms with Gasteiger partial charge in [-0.15, -0.1) is 6.58 Å². The van der Waals surface area contributed by atoms with Gasteiger partial charge in [-0.25, -0.2) is 0 Å². The first-order chi connectivity index (χ1) is 8.35. The number of hydrogen-bond acceptors (Lipinski definition) is 3. The van der Waals surface area contributed by atoms with Crippen molar-refractivity contribution in [3.63, 3.8) is 0 Å². The number of para-hydroxylation sites is 1. The molecule has 17 heavy (non-hydrogen) atoms. The second-order valence-electron chi connectivity index (χ2n) is 4.00. The number of nitrogens with zero attached hydrogens (tertiary/aromatic N) is 1. The van der Waals surface area contributed by atoms with Gasteiger partial charge in [0.25, 0.3) is 0 Å². The molecule has 0 radical (unpaired) electrons. The average molecular weight is 231 g/mol. The van der Waals surface area contributed by atoms with Gasteiger partial charge in [-0.1, -0.05) is 24.3 Å². The highest BCUT2D eigenvalue weighted by atomic mass is 16.3. The van der Waals surface area contributed by atoms with Gasteiger partial charge in [0.05, 0.1) is 12.9 Å². The molecule has 2 rings (SSSR count). The molecular formula is C14H17NO2. The third-order valence-corrected chi connectivity index (χ3v) is 2.76. The summed E-state index contributed by atoms with van der Waals surface area (Å²) in [4.78, 5) is 2.13. The van der Waals surface area contributed by atoms with Gasteiger partial charge in [-0.05, 0) is 6.07 Å². The van der Waals surface area contributed by atoms with E-state index in [1.807, 2.05) is 24.3 Å². The van der Waals surface area contributed by atoms with Crippen molar-refractivity contribution in [1.29, 1.82) is 0 Å². The Balaban J connectivity index is 2.18. The van der Waals surface area contributed by atoms with Crippen molar-refractivity contribution in [1.82, 2.24) is 4.90 Å². The minimum Gasteiger partial charge on any atom is -0.464 e. The number of hydrogen-bond donors (Lipinski definition) is 1. The minimum absolute atomic E-state index is 0.156. The quantitative estimate of drug-likeness (QED) is 0.776. The highest BCUT2D eigenvalue weighted by Crippen LogP contribution is 2.21. The first kappa shape index (κ1) is 11.9. The minimum atomic E-state index is 0.156. The standard InChI is InChI=1S/C14H17NO2/c1-2-7-15(8-9-16)10-12-11-17-14-6-4-3-5-13(12)14/h2-6,11,16H,1,7-10H2. The van der Waals surface area contributed by atoms with Gasteiger partial charge in [-0.3, -0.25) is 4.90 Å². The van der Waals surface area contributed by atoms with Crippen molar-refractivity contribution in [3.8, 4) is 0 Å². The van der Waals surface area contributed by atoms with Gasteiger partial charge >= 0.3 is 0 Å². The Bertz CT molecular complexity index is 490. The third kappa shape index (κ3) is 2.75. The summed E-state index contributed by atoms with van der Waals surface area (Å²) >= 11 is 0. The van der Waals surface area contributed by atoms with Gasteiger partial charge in [0, 0.05) is 30.6 Å². The van der Waals surface area contributed by atoms with Crippen LogP contribution in [0, 0.1) is 0 Å². The van der Waals surface area contributed by atoms with Gasteiger partial charge in [-0.2, -0.15) is 0 Å². The first-order valence-electron chi connectivity index (χ1n) is 5.74. The van der Waals surface area contributed by atoms with Gasteiger partial charge in [0.1, 0.15) is 5.58 Å². The van der Waals surface area contributed by atoms with E-state index in [-0.39, 0.29) is 6.61 Å². The van der Waals surface area contributed by atoms with Crippen LogP contribution in [0.15, 0.2) is 47.6 Å². The van der Waals surface area contributed by atoms with E-state index in [2.05, 4.69) is 17.5 Å². The summed E-state index contributed by atoms with van der Waals surface area (Å²) < 4.78 is 5.49. The second-order valence-corrected chi connectivity index (χ2v) is 4.00. The van der Waals surface area contributed by atoms with Crippen LogP contribution >= 0.6 is 0 Å². The molecule has 0 atom stereocenters. The van der Waals surface area contributed by atoms with E-state index in [1.165, 1.54) is 0 Å². The topological polar surface area (TPSA) is 36.6 Å². The van der Waals surface area contributed by atoms with Crippen molar-refractivity contribution >= 4 is 11.0 Å². The van der Waals surface area contributed by atoms with Crippen molar-refractivity contribution in [3.05, 3.63) is 48.7 Å². The van der Waals surface area contributed by atoms with Crippen molar-refractivity contribution in [2.45, 2.75) is 6.54 Å². The van der Waals surface area contributed by atoms with Gasteiger partial charge in [0.15, 0.2) is 0 Å². The maximum atomic E-state index is 9.01. The molecule has 0 spiro atoms. The monoisotopic (exact) mass is 231 g/mol. The SMILES string of the molecule is C=CCN(CCO)Cc1coc2ccccc12. The Kier molecular flexibility index (Phi) is 3.96. The number of aliphatic hydroxyl groups excluding tert-OH is 1. The van der Waals surface area contributed by atoms with Crippen LogP contribution in [-0.2, 0) is 6.54 Å². The molecule has 1 aromatic carbocycles. The predicted octanol–water partition coefficient (Wildman–Crippen LogP) is 2.41. The van der Waals surface area contributed by atoms with E-state index in [4.69, 9.17) is 9.52 Å². The fourth-order valence-electron chi connectivity index (χ4n) is 1.96. The van der Waals surface area contributed by atoms with Gasteiger partial charge < -0.3 is 9.52 Å². The van der Waals surface area contributed by atoms with Crippen LogP contribution in [0.5, 0.6) is 0 Å². The van der Waals surface area contributed by atoms with Gasteiger partial charge in [0.2, 0.25) is 0 Å². The molecule has 0 amide bonds. The molecule has 0 bridgehead atoms. The molecule has 0 aliphatic rings. The number of fused-ring (bicyclic) bond motifs is 1. The molecule has 90 valence electrons. The van der Waals surface area contributed by atoms with Crippen LogP contribution in [0.25, 0.3) is 11.0 Å². The zero-order chi connectivity index (χ0) is 12.1. The highest BCUT2D eigenvalue weighted by molar-refractivity contribution is 5.80. The maximum Gasteiger partial charge on any atom is 0.134 e. The van der Waals surface area contributed by atoms with E-state index < -0.39 is 0 Å². The molecule has 1 aromatic heterocycles. The number of benzene rings is 1. The second kappa shape index (κ2) is 5.66. The van der Waals surface area contributed by atoms with E-state index >= 15 is 0 Å². The Morgan fingerprint density at radius 3 is 2.94 bits per heavy atom. The number of aliphatic hydroxyl groups is 1. The Labute approximate surface area is 101 Å². The van der Waals surface area contributed by atoms with Crippen LogP contribution in [0.1, 0.15) is 5.56 Å². The molecule has 0 fully saturated rings. The van der Waals surface area contributed by atoms with E-state index in [0.29, 0.717) is 6.54 Å². The lowest BCUT2D eigenvalue weighted by Gasteiger charge is -2.18. The lowest BCUT2D eigenvalue weighted by atomic mass is 10.1. The summed E-state index contributed by atoms with van der Waals surface area (Å²) in [5.41, 5.74) is 2.06. The molecule has 0 unspecified atom stereocenters. The normalized spacial score (nSPS) is 11.2. The Morgan fingerprint density at radius 1 is 1.35 bits per heavy atom. The smallest absolute Gasteiger partial charge is 0.134 e. The molecule has 0 saturated carbocycles. The number of rotatable bonds is 6. The fourth-order valence-corrected chi connectivity index (χ4v) is 1.96. The average Bonchev–Trinajstić information content (AvgIpc) is 2.74. The highest BCUT2D eigenvalue weighted by Gasteiger charge is 2.09. The largest absolute Gasteiger partial charge is 0.464 e. The van der Waals surface area contributed by atoms with E-state index in [9.17, 15) is 0 Å². The summed E-state index contributed by atoms with van der Waals surface area (Å²) in [6, 6.07) is 7.98. The maximum absolute atomic E-state index is 9.01. The van der Waals surface area contributed by atoms with Crippen LogP contribution < -0.4 is 0 Å². The summed E-state index contributed by atoms with van der Waals surface area (Å²) in [6.07, 6.45) is 3.63. The molecule has 1 heterocycles. The summed E-state index contributed by atoms with van der Waals surface area (Å²) in [5.74, 6) is 0. The van der Waals surface area contributed by atoms with Crippen LogP contribution in [0.3, 0.4) is 0 Å². The lowest BCUT2D eigenvalue weighted by Crippen LogP contribution is -2.26. The Hall–Kier alpha value is -1.58. The molecule has 0 aliphatic carbocycles. The molecular weight excluding hydrogens is 214 g/mol. The summed E-state index contributed by atoms with van der Waals surface area (Å²) in [7, 11) is 0. The molecule has 0 saturated heterocycles. The van der Waals surface area contributed by atoms with Crippen molar-refractivity contribution in [2.75, 3.05) is 19.7 Å². The molecule has 2 aromatic rings. The summed E-state index contributed by atoms with van der Waals surface area (Å²) in [6.45, 7) is 6.06. The molecule has 3 nitrogen and oxygen atoms in total. The van der Waals surface area contributed by atoms with Crippen LogP contribution in [-0.4, -0.2) is 29.7 Å². The lowest BCUT2D eigenvalue weighted by molar-refractivity contribution is 0.203.